The number of aryl methyl sites for hydroxylation is 1. The molecule has 0 radical (unpaired) electrons. The van der Waals surface area contributed by atoms with Crippen molar-refractivity contribution in [2.75, 3.05) is 24.7 Å². The zero-order chi connectivity index (χ0) is 14.3. The van der Waals surface area contributed by atoms with Crippen molar-refractivity contribution in [3.63, 3.8) is 0 Å². The van der Waals surface area contributed by atoms with Crippen LogP contribution in [0.4, 0.5) is 10.1 Å². The average Bonchev–Trinajstić information content (AvgIpc) is 2.65. The van der Waals surface area contributed by atoms with Gasteiger partial charge in [-0.05, 0) is 43.4 Å². The summed E-state index contributed by atoms with van der Waals surface area (Å²) in [6.45, 7) is 3.41. The van der Waals surface area contributed by atoms with Crippen molar-refractivity contribution in [1.82, 2.24) is 0 Å². The molecular weight excluding hydrogens is 261 g/mol. The second-order valence-corrected chi connectivity index (χ2v) is 5.44. The minimum atomic E-state index is -0.615. The van der Waals surface area contributed by atoms with Crippen LogP contribution in [0.25, 0.3) is 0 Å². The molecule has 0 aliphatic carbocycles. The molecule has 2 aliphatic heterocycles. The molecule has 1 aromatic rings. The first-order valence-corrected chi connectivity index (χ1v) is 6.82. The summed E-state index contributed by atoms with van der Waals surface area (Å²) in [6.07, 6.45) is 1.67. The van der Waals surface area contributed by atoms with Gasteiger partial charge in [-0.2, -0.15) is 0 Å². The van der Waals surface area contributed by atoms with Crippen LogP contribution >= 0.6 is 0 Å². The number of benzene rings is 1. The average molecular weight is 277 g/mol. The lowest BCUT2D eigenvalue weighted by Gasteiger charge is -2.27. The van der Waals surface area contributed by atoms with Gasteiger partial charge < -0.3 is 9.64 Å². The molecule has 20 heavy (non-hydrogen) atoms. The molecular formula is C15H16FNO3. The van der Waals surface area contributed by atoms with Gasteiger partial charge in [0.1, 0.15) is 5.82 Å². The third-order valence-corrected chi connectivity index (χ3v) is 3.94. The summed E-state index contributed by atoms with van der Waals surface area (Å²) in [5, 5.41) is 0. The Hall–Kier alpha value is -1.75. The van der Waals surface area contributed by atoms with Gasteiger partial charge in [0.15, 0.2) is 0 Å². The number of nitrogens with zero attached hydrogens (tertiary/aromatic N) is 1. The number of ketones is 1. The van der Waals surface area contributed by atoms with Crippen molar-refractivity contribution in [2.45, 2.75) is 19.8 Å². The van der Waals surface area contributed by atoms with Gasteiger partial charge in [0.25, 0.3) is 11.7 Å². The number of rotatable bonds is 2. The number of halogens is 1. The van der Waals surface area contributed by atoms with Crippen LogP contribution in [-0.4, -0.2) is 31.4 Å². The van der Waals surface area contributed by atoms with E-state index in [-0.39, 0.29) is 17.2 Å². The van der Waals surface area contributed by atoms with E-state index >= 15 is 0 Å². The van der Waals surface area contributed by atoms with E-state index in [0.717, 1.165) is 12.8 Å². The third kappa shape index (κ3) is 2.12. The molecule has 1 saturated heterocycles. The summed E-state index contributed by atoms with van der Waals surface area (Å²) in [4.78, 5) is 25.4. The molecule has 4 nitrogen and oxygen atoms in total. The Morgan fingerprint density at radius 1 is 1.30 bits per heavy atom. The molecule has 0 N–H and O–H groups in total. The van der Waals surface area contributed by atoms with Crippen molar-refractivity contribution in [2.24, 2.45) is 5.92 Å². The Kier molecular flexibility index (Phi) is 3.30. The van der Waals surface area contributed by atoms with Crippen molar-refractivity contribution in [3.05, 3.63) is 29.1 Å². The van der Waals surface area contributed by atoms with Crippen LogP contribution in [0.2, 0.25) is 0 Å². The van der Waals surface area contributed by atoms with Crippen LogP contribution in [0.1, 0.15) is 28.8 Å². The topological polar surface area (TPSA) is 46.6 Å². The van der Waals surface area contributed by atoms with E-state index in [9.17, 15) is 14.0 Å². The fourth-order valence-corrected chi connectivity index (χ4v) is 2.88. The molecule has 0 atom stereocenters. The largest absolute Gasteiger partial charge is 0.381 e. The van der Waals surface area contributed by atoms with Crippen LogP contribution < -0.4 is 4.90 Å². The number of anilines is 1. The highest BCUT2D eigenvalue weighted by Gasteiger charge is 2.39. The second kappa shape index (κ2) is 4.98. The maximum Gasteiger partial charge on any atom is 0.299 e. The number of amides is 1. The summed E-state index contributed by atoms with van der Waals surface area (Å²) in [5.74, 6) is -1.45. The van der Waals surface area contributed by atoms with E-state index < -0.39 is 17.5 Å². The molecule has 106 valence electrons. The maximum atomic E-state index is 14.1. The Morgan fingerprint density at radius 3 is 2.70 bits per heavy atom. The second-order valence-electron chi connectivity index (χ2n) is 5.44. The number of Topliss-reactive ketones (excluding diaryl/α,β-unsaturated/α-hetero) is 1. The molecule has 0 bridgehead atoms. The van der Waals surface area contributed by atoms with E-state index in [4.69, 9.17) is 4.74 Å². The lowest BCUT2D eigenvalue weighted by Crippen LogP contribution is -2.36. The minimum Gasteiger partial charge on any atom is -0.381 e. The van der Waals surface area contributed by atoms with E-state index in [1.54, 1.807) is 13.0 Å². The van der Waals surface area contributed by atoms with Gasteiger partial charge in [-0.1, -0.05) is 0 Å². The summed E-state index contributed by atoms with van der Waals surface area (Å²) >= 11 is 0. The Morgan fingerprint density at radius 2 is 2.00 bits per heavy atom. The maximum absolute atomic E-state index is 14.1. The van der Waals surface area contributed by atoms with E-state index in [1.807, 2.05) is 0 Å². The van der Waals surface area contributed by atoms with Crippen LogP contribution in [0.3, 0.4) is 0 Å². The first kappa shape index (κ1) is 13.2. The normalized spacial score (nSPS) is 19.6. The smallest absolute Gasteiger partial charge is 0.299 e. The van der Waals surface area contributed by atoms with Gasteiger partial charge in [-0.15, -0.1) is 0 Å². The van der Waals surface area contributed by atoms with Crippen LogP contribution in [0.5, 0.6) is 0 Å². The number of carbonyl (C=O) groups is 2. The molecule has 0 aromatic heterocycles. The van der Waals surface area contributed by atoms with Crippen LogP contribution in [-0.2, 0) is 9.53 Å². The zero-order valence-electron chi connectivity index (χ0n) is 11.3. The highest BCUT2D eigenvalue weighted by molar-refractivity contribution is 6.52. The van der Waals surface area contributed by atoms with Gasteiger partial charge in [0.2, 0.25) is 0 Å². The Balaban J connectivity index is 1.93. The Bertz CT molecular complexity index is 579. The van der Waals surface area contributed by atoms with E-state index in [2.05, 4.69) is 0 Å². The predicted octanol–water partition coefficient (Wildman–Crippen LogP) is 2.09. The molecule has 0 unspecified atom stereocenters. The van der Waals surface area contributed by atoms with Gasteiger partial charge >= 0.3 is 0 Å². The predicted molar refractivity (Wildman–Crippen MR) is 71.4 cm³/mol. The molecule has 0 saturated carbocycles. The first-order valence-electron chi connectivity index (χ1n) is 6.82. The summed E-state index contributed by atoms with van der Waals surface area (Å²) in [5.41, 5.74) is 0.993. The number of ether oxygens (including phenoxy) is 1. The summed E-state index contributed by atoms with van der Waals surface area (Å²) in [7, 11) is 0. The summed E-state index contributed by atoms with van der Waals surface area (Å²) < 4.78 is 19.4. The molecule has 1 aromatic carbocycles. The molecule has 2 aliphatic rings. The third-order valence-electron chi connectivity index (χ3n) is 3.94. The van der Waals surface area contributed by atoms with Gasteiger partial charge in [-0.25, -0.2) is 4.39 Å². The molecule has 1 fully saturated rings. The quantitative estimate of drug-likeness (QED) is 0.778. The van der Waals surface area contributed by atoms with Crippen molar-refractivity contribution in [3.8, 4) is 0 Å². The molecule has 0 spiro atoms. The number of hydrogen-bond donors (Lipinski definition) is 0. The molecule has 2 heterocycles. The van der Waals surface area contributed by atoms with Crippen LogP contribution in [0, 0.1) is 18.7 Å². The highest BCUT2D eigenvalue weighted by Crippen LogP contribution is 2.34. The van der Waals surface area contributed by atoms with Gasteiger partial charge in [0, 0.05) is 19.8 Å². The van der Waals surface area contributed by atoms with Crippen molar-refractivity contribution < 1.29 is 18.7 Å². The monoisotopic (exact) mass is 277 g/mol. The highest BCUT2D eigenvalue weighted by atomic mass is 19.1. The van der Waals surface area contributed by atoms with Crippen molar-refractivity contribution in [1.29, 1.82) is 0 Å². The lowest BCUT2D eigenvalue weighted by molar-refractivity contribution is -0.114. The standard InChI is InChI=1S/C15H16FNO3/c1-9-6-11-13(12(16)7-9)17(15(19)14(11)18)8-10-2-4-20-5-3-10/h6-7,10H,2-5,8H2,1H3. The number of carbonyl (C=O) groups excluding carboxylic acids is 2. The van der Waals surface area contributed by atoms with Gasteiger partial charge in [0.05, 0.1) is 11.3 Å². The summed E-state index contributed by atoms with van der Waals surface area (Å²) in [6, 6.07) is 2.95. The van der Waals surface area contributed by atoms with E-state index in [1.165, 1.54) is 11.0 Å². The van der Waals surface area contributed by atoms with Gasteiger partial charge in [-0.3, -0.25) is 9.59 Å². The molecule has 1 amide bonds. The lowest BCUT2D eigenvalue weighted by atomic mass is 9.99. The van der Waals surface area contributed by atoms with E-state index in [0.29, 0.717) is 25.3 Å². The molecule has 3 rings (SSSR count). The van der Waals surface area contributed by atoms with Crippen LogP contribution in [0.15, 0.2) is 12.1 Å². The molecule has 5 heteroatoms. The SMILES string of the molecule is Cc1cc(F)c2c(c1)C(=O)C(=O)N2CC1CCOCC1. The minimum absolute atomic E-state index is 0.150. The Labute approximate surface area is 116 Å². The first-order chi connectivity index (χ1) is 9.58. The number of fused-ring (bicyclic) bond motifs is 1. The van der Waals surface area contributed by atoms with Crippen molar-refractivity contribution >= 4 is 17.4 Å². The fraction of sp³-hybridized carbons (Fsp3) is 0.467. The number of hydrogen-bond acceptors (Lipinski definition) is 3. The zero-order valence-corrected chi connectivity index (χ0v) is 11.3. The fourth-order valence-electron chi connectivity index (χ4n) is 2.88.